The standard InChI is InChI=1S/C62H120O6/c1-6-8-9-10-11-12-13-14-22-29-34-39-44-49-54-62(65)68-59(55-66-60(63)52-47-42-37-32-27-23-17-15-16-20-25-30-35-40-45-50-57(3)4)56-67-61(64)53-48-43-38-33-28-24-19-18-21-26-31-36-41-46-51-58(5)7-2/h57-59H,6-56H2,1-5H3/t58?,59-/m0/s1. The lowest BCUT2D eigenvalue weighted by molar-refractivity contribution is -0.167. The minimum absolute atomic E-state index is 0.0621. The van der Waals surface area contributed by atoms with Gasteiger partial charge >= 0.3 is 17.9 Å². The van der Waals surface area contributed by atoms with Crippen LogP contribution in [0, 0.1) is 11.8 Å². The second kappa shape index (κ2) is 54.7. The summed E-state index contributed by atoms with van der Waals surface area (Å²) in [5.74, 6) is 0.911. The molecule has 0 fully saturated rings. The SMILES string of the molecule is CCCCCCCCCCCCCCCCC(=O)O[C@@H](COC(=O)CCCCCCCCCCCCCCCCCC(C)C)COC(=O)CCCCCCCCCCCCCCCCC(C)CC. The number of rotatable bonds is 56. The average Bonchev–Trinajstić information content (AvgIpc) is 3.32. The highest BCUT2D eigenvalue weighted by Crippen LogP contribution is 2.19. The van der Waals surface area contributed by atoms with Crippen molar-refractivity contribution in [3.05, 3.63) is 0 Å². The molecular weight excluding hydrogens is 841 g/mol. The molecule has 0 aromatic rings. The van der Waals surface area contributed by atoms with Crippen LogP contribution >= 0.6 is 0 Å². The summed E-state index contributed by atoms with van der Waals surface area (Å²) in [4.78, 5) is 38.2. The molecule has 0 aromatic carbocycles. The van der Waals surface area contributed by atoms with Gasteiger partial charge in [0, 0.05) is 19.3 Å². The Morgan fingerprint density at radius 3 is 0.838 bits per heavy atom. The predicted octanol–water partition coefficient (Wildman–Crippen LogP) is 20.4. The summed E-state index contributed by atoms with van der Waals surface area (Å²) >= 11 is 0. The van der Waals surface area contributed by atoms with E-state index in [1.807, 2.05) is 0 Å². The molecule has 6 nitrogen and oxygen atoms in total. The Balaban J connectivity index is 4.28. The predicted molar refractivity (Wildman–Crippen MR) is 293 cm³/mol. The molecule has 1 unspecified atom stereocenters. The van der Waals surface area contributed by atoms with E-state index in [2.05, 4.69) is 34.6 Å². The van der Waals surface area contributed by atoms with Crippen molar-refractivity contribution in [2.75, 3.05) is 13.2 Å². The summed E-state index contributed by atoms with van der Waals surface area (Å²) in [7, 11) is 0. The highest BCUT2D eigenvalue weighted by atomic mass is 16.6. The van der Waals surface area contributed by atoms with Crippen LogP contribution in [-0.4, -0.2) is 37.2 Å². The number of ether oxygens (including phenoxy) is 3. The minimum atomic E-state index is -0.763. The Bertz CT molecular complexity index is 1040. The van der Waals surface area contributed by atoms with Crippen LogP contribution in [0.15, 0.2) is 0 Å². The van der Waals surface area contributed by atoms with Crippen molar-refractivity contribution in [1.29, 1.82) is 0 Å². The van der Waals surface area contributed by atoms with E-state index in [0.717, 1.165) is 69.6 Å². The fourth-order valence-electron chi connectivity index (χ4n) is 9.55. The summed E-state index contributed by atoms with van der Waals surface area (Å²) in [5.41, 5.74) is 0. The van der Waals surface area contributed by atoms with E-state index in [1.54, 1.807) is 0 Å². The smallest absolute Gasteiger partial charge is 0.306 e. The van der Waals surface area contributed by atoms with Crippen LogP contribution < -0.4 is 0 Å². The zero-order valence-corrected chi connectivity index (χ0v) is 46.7. The van der Waals surface area contributed by atoms with Gasteiger partial charge in [0.25, 0.3) is 0 Å². The molecule has 0 aliphatic heterocycles. The van der Waals surface area contributed by atoms with Crippen molar-refractivity contribution in [2.24, 2.45) is 11.8 Å². The molecule has 0 heterocycles. The summed E-state index contributed by atoms with van der Waals surface area (Å²) in [6.45, 7) is 11.5. The highest BCUT2D eigenvalue weighted by Gasteiger charge is 2.19. The lowest BCUT2D eigenvalue weighted by Gasteiger charge is -2.18. The topological polar surface area (TPSA) is 78.9 Å². The largest absolute Gasteiger partial charge is 0.462 e. The molecule has 0 aliphatic carbocycles. The van der Waals surface area contributed by atoms with Gasteiger partial charge in [0.2, 0.25) is 0 Å². The fraction of sp³-hybridized carbons (Fsp3) is 0.952. The van der Waals surface area contributed by atoms with E-state index in [4.69, 9.17) is 14.2 Å². The van der Waals surface area contributed by atoms with Gasteiger partial charge in [-0.2, -0.15) is 0 Å². The first kappa shape index (κ1) is 66.4. The van der Waals surface area contributed by atoms with Crippen LogP contribution in [0.1, 0.15) is 349 Å². The first-order valence-electron chi connectivity index (χ1n) is 30.8. The van der Waals surface area contributed by atoms with Gasteiger partial charge in [-0.15, -0.1) is 0 Å². The Hall–Kier alpha value is -1.59. The van der Waals surface area contributed by atoms with Gasteiger partial charge < -0.3 is 14.2 Å². The molecule has 0 radical (unpaired) electrons. The summed E-state index contributed by atoms with van der Waals surface area (Å²) < 4.78 is 16.9. The van der Waals surface area contributed by atoms with Gasteiger partial charge in [-0.3, -0.25) is 14.4 Å². The minimum Gasteiger partial charge on any atom is -0.462 e. The lowest BCUT2D eigenvalue weighted by atomic mass is 9.99. The second-order valence-corrected chi connectivity index (χ2v) is 22.1. The fourth-order valence-corrected chi connectivity index (χ4v) is 9.55. The highest BCUT2D eigenvalue weighted by molar-refractivity contribution is 5.71. The third kappa shape index (κ3) is 53.8. The molecule has 404 valence electrons. The maximum Gasteiger partial charge on any atom is 0.306 e. The van der Waals surface area contributed by atoms with Gasteiger partial charge in [0.05, 0.1) is 0 Å². The first-order chi connectivity index (χ1) is 33.3. The molecule has 0 amide bonds. The van der Waals surface area contributed by atoms with E-state index in [0.29, 0.717) is 19.3 Å². The van der Waals surface area contributed by atoms with Crippen LogP contribution in [0.2, 0.25) is 0 Å². The number of carbonyl (C=O) groups is 3. The normalized spacial score (nSPS) is 12.4. The third-order valence-electron chi connectivity index (χ3n) is 14.6. The lowest BCUT2D eigenvalue weighted by Crippen LogP contribution is -2.30. The van der Waals surface area contributed by atoms with Crippen molar-refractivity contribution >= 4 is 17.9 Å². The number of hydrogen-bond donors (Lipinski definition) is 0. The van der Waals surface area contributed by atoms with Crippen molar-refractivity contribution < 1.29 is 28.6 Å². The molecule has 2 atom stereocenters. The van der Waals surface area contributed by atoms with Gasteiger partial charge in [0.1, 0.15) is 13.2 Å². The van der Waals surface area contributed by atoms with Crippen LogP contribution in [0.25, 0.3) is 0 Å². The molecule has 0 saturated heterocycles. The quantitative estimate of drug-likeness (QED) is 0.0343. The Morgan fingerprint density at radius 2 is 0.559 bits per heavy atom. The van der Waals surface area contributed by atoms with Gasteiger partial charge in [0.15, 0.2) is 6.10 Å². The Kier molecular flexibility index (Phi) is 53.5. The van der Waals surface area contributed by atoms with Crippen LogP contribution in [0.3, 0.4) is 0 Å². The van der Waals surface area contributed by atoms with E-state index in [9.17, 15) is 14.4 Å². The number of esters is 3. The summed E-state index contributed by atoms with van der Waals surface area (Å²) in [6, 6.07) is 0. The maximum absolute atomic E-state index is 12.9. The molecule has 68 heavy (non-hydrogen) atoms. The summed E-state index contributed by atoms with van der Waals surface area (Å²) in [6.07, 6.45) is 59.4. The number of hydrogen-bond acceptors (Lipinski definition) is 6. The molecular formula is C62H120O6. The van der Waals surface area contributed by atoms with Crippen LogP contribution in [0.5, 0.6) is 0 Å². The van der Waals surface area contributed by atoms with Crippen LogP contribution in [-0.2, 0) is 28.6 Å². The average molecular weight is 962 g/mol. The van der Waals surface area contributed by atoms with E-state index < -0.39 is 6.10 Å². The second-order valence-electron chi connectivity index (χ2n) is 22.1. The Labute approximate surface area is 425 Å². The van der Waals surface area contributed by atoms with Crippen LogP contribution in [0.4, 0.5) is 0 Å². The number of carbonyl (C=O) groups excluding carboxylic acids is 3. The molecule has 0 aliphatic rings. The molecule has 0 bridgehead atoms. The maximum atomic E-state index is 12.9. The van der Waals surface area contributed by atoms with Gasteiger partial charge in [-0.1, -0.05) is 311 Å². The number of unbranched alkanes of at least 4 members (excludes halogenated alkanes) is 40. The Morgan fingerprint density at radius 1 is 0.309 bits per heavy atom. The molecule has 0 aromatic heterocycles. The zero-order chi connectivity index (χ0) is 49.6. The molecule has 6 heteroatoms. The van der Waals surface area contributed by atoms with Crippen molar-refractivity contribution in [1.82, 2.24) is 0 Å². The van der Waals surface area contributed by atoms with E-state index in [1.165, 1.54) is 238 Å². The monoisotopic (exact) mass is 961 g/mol. The third-order valence-corrected chi connectivity index (χ3v) is 14.6. The van der Waals surface area contributed by atoms with Crippen molar-refractivity contribution in [3.8, 4) is 0 Å². The van der Waals surface area contributed by atoms with E-state index >= 15 is 0 Å². The zero-order valence-electron chi connectivity index (χ0n) is 46.7. The van der Waals surface area contributed by atoms with Gasteiger partial charge in [-0.25, -0.2) is 0 Å². The van der Waals surface area contributed by atoms with E-state index in [-0.39, 0.29) is 31.1 Å². The molecule has 0 saturated carbocycles. The molecule has 0 N–H and O–H groups in total. The molecule has 0 rings (SSSR count). The van der Waals surface area contributed by atoms with Crippen molar-refractivity contribution in [2.45, 2.75) is 355 Å². The van der Waals surface area contributed by atoms with Crippen molar-refractivity contribution in [3.63, 3.8) is 0 Å². The molecule has 0 spiro atoms. The summed E-state index contributed by atoms with van der Waals surface area (Å²) in [5, 5.41) is 0. The first-order valence-corrected chi connectivity index (χ1v) is 30.8. The van der Waals surface area contributed by atoms with Gasteiger partial charge in [-0.05, 0) is 31.1 Å².